The topological polar surface area (TPSA) is 40.6 Å². The van der Waals surface area contributed by atoms with Gasteiger partial charge in [-0.1, -0.05) is 134 Å². The summed E-state index contributed by atoms with van der Waals surface area (Å²) in [5, 5.41) is 3.73. The monoisotopic (exact) mass is 763 g/mol. The Hall–Kier alpha value is -7.70. The molecule has 60 heavy (non-hydrogen) atoms. The Morgan fingerprint density at radius 3 is 2.25 bits per heavy atom. The van der Waals surface area contributed by atoms with Crippen LogP contribution in [0, 0.1) is 0 Å². The lowest BCUT2D eigenvalue weighted by atomic mass is 9.33. The third-order valence-electron chi connectivity index (χ3n) is 13.6. The molecule has 4 aliphatic rings. The predicted molar refractivity (Wildman–Crippen MR) is 247 cm³/mol. The molecule has 1 atom stereocenters. The summed E-state index contributed by atoms with van der Waals surface area (Å²) >= 11 is 0. The summed E-state index contributed by atoms with van der Waals surface area (Å²) in [5.41, 5.74) is 22.1. The second kappa shape index (κ2) is 11.7. The van der Waals surface area contributed by atoms with Crippen LogP contribution in [-0.4, -0.2) is 30.4 Å². The van der Waals surface area contributed by atoms with Crippen LogP contribution in [0.25, 0.3) is 83.5 Å². The highest BCUT2D eigenvalue weighted by Crippen LogP contribution is 2.52. The van der Waals surface area contributed by atoms with Crippen LogP contribution in [0.5, 0.6) is 0 Å². The minimum absolute atomic E-state index is 0.0315. The summed E-state index contributed by atoms with van der Waals surface area (Å²) in [6, 6.07) is 53.5. The number of benzene rings is 6. The molecule has 0 saturated heterocycles. The summed E-state index contributed by atoms with van der Waals surface area (Å²) in [5.74, 6) is 0.855. The molecule has 0 saturated carbocycles. The predicted octanol–water partition coefficient (Wildman–Crippen LogP) is 10.8. The first kappa shape index (κ1) is 32.3. The fourth-order valence-electron chi connectivity index (χ4n) is 11.4. The first-order chi connectivity index (χ1) is 29.7. The van der Waals surface area contributed by atoms with E-state index in [0.29, 0.717) is 5.82 Å². The molecular formula is C54H34BN5. The lowest BCUT2D eigenvalue weighted by molar-refractivity contribution is 0.746. The van der Waals surface area contributed by atoms with Gasteiger partial charge in [0.2, 0.25) is 0 Å². The van der Waals surface area contributed by atoms with Crippen molar-refractivity contribution in [1.29, 1.82) is 0 Å². The van der Waals surface area contributed by atoms with E-state index < -0.39 is 0 Å². The van der Waals surface area contributed by atoms with Crippen molar-refractivity contribution in [2.24, 2.45) is 0 Å². The van der Waals surface area contributed by atoms with E-state index in [0.717, 1.165) is 34.6 Å². The molecule has 2 aliphatic carbocycles. The van der Waals surface area contributed by atoms with Gasteiger partial charge in [0.1, 0.15) is 5.65 Å². The van der Waals surface area contributed by atoms with Crippen LogP contribution in [0.3, 0.4) is 0 Å². The average molecular weight is 764 g/mol. The molecule has 278 valence electrons. The standard InChI is InChI=1S/C54H34BN5/c1-32-15-12-24-42-52-46(32)48-38-22-10-11-26-43(38)58(36-19-6-3-7-20-36)54(48)60(52)45-31-35(53-56-27-14-28-57-53)30-44-49(45)55(42)41-25-13-23-39-47-37-21-9-8-18-34(37)29-40(33-16-4-2-5-17-33)51(47)59(44)50(39)41/h2-28,30-31,40H,1,29H2. The van der Waals surface area contributed by atoms with Crippen molar-refractivity contribution >= 4 is 61.5 Å². The van der Waals surface area contributed by atoms with Crippen molar-refractivity contribution in [1.82, 2.24) is 23.7 Å². The number of para-hydroxylation sites is 3. The lowest BCUT2D eigenvalue weighted by Gasteiger charge is -2.37. The first-order valence-corrected chi connectivity index (χ1v) is 20.8. The zero-order valence-electron chi connectivity index (χ0n) is 32.5. The van der Waals surface area contributed by atoms with Crippen molar-refractivity contribution in [2.75, 3.05) is 0 Å². The Morgan fingerprint density at radius 2 is 1.40 bits per heavy atom. The van der Waals surface area contributed by atoms with Crippen LogP contribution in [-0.2, 0) is 6.42 Å². The van der Waals surface area contributed by atoms with E-state index in [1.54, 1.807) is 0 Å². The van der Waals surface area contributed by atoms with Crippen LogP contribution >= 0.6 is 0 Å². The summed E-state index contributed by atoms with van der Waals surface area (Å²) < 4.78 is 7.68. The molecule has 10 aromatic rings. The summed E-state index contributed by atoms with van der Waals surface area (Å²) in [7, 11) is 0. The normalized spacial score (nSPS) is 15.5. The van der Waals surface area contributed by atoms with Gasteiger partial charge in [-0.15, -0.1) is 0 Å². The minimum Gasteiger partial charge on any atom is -0.313 e. The molecule has 6 aromatic carbocycles. The molecule has 0 spiro atoms. The molecule has 14 rings (SSSR count). The SMILES string of the molecule is C=C1C=CC=C2B3c4c(cc(-c5ncccn5)cc4-n4c2c1c1c2ccccc2n(-c2ccccc2)c14)-n1c2c(c4cccc3c41)-c1ccccc1CC2c1ccccc1. The van der Waals surface area contributed by atoms with E-state index >= 15 is 0 Å². The molecule has 6 heteroatoms. The van der Waals surface area contributed by atoms with E-state index in [2.05, 4.69) is 171 Å². The van der Waals surface area contributed by atoms with Crippen molar-refractivity contribution < 1.29 is 0 Å². The van der Waals surface area contributed by atoms with Gasteiger partial charge in [-0.05, 0) is 81.5 Å². The van der Waals surface area contributed by atoms with Gasteiger partial charge in [-0.25, -0.2) is 9.97 Å². The molecule has 6 heterocycles. The number of hydrogen-bond donors (Lipinski definition) is 0. The van der Waals surface area contributed by atoms with Gasteiger partial charge in [0.15, 0.2) is 5.82 Å². The van der Waals surface area contributed by atoms with Crippen molar-refractivity contribution in [3.05, 3.63) is 211 Å². The second-order valence-electron chi connectivity index (χ2n) is 16.5. The highest BCUT2D eigenvalue weighted by Gasteiger charge is 2.46. The molecule has 0 amide bonds. The van der Waals surface area contributed by atoms with Gasteiger partial charge < -0.3 is 4.57 Å². The highest BCUT2D eigenvalue weighted by molar-refractivity contribution is 7.03. The van der Waals surface area contributed by atoms with Gasteiger partial charge >= 0.3 is 0 Å². The Morgan fingerprint density at radius 1 is 0.667 bits per heavy atom. The quantitative estimate of drug-likeness (QED) is 0.168. The molecule has 0 radical (unpaired) electrons. The average Bonchev–Trinajstić information content (AvgIpc) is 3.92. The minimum atomic E-state index is -0.0315. The number of aromatic nitrogens is 5. The van der Waals surface area contributed by atoms with Crippen molar-refractivity contribution in [3.63, 3.8) is 0 Å². The Bertz CT molecular complexity index is 3580. The van der Waals surface area contributed by atoms with Gasteiger partial charge in [-0.2, -0.15) is 0 Å². The summed E-state index contributed by atoms with van der Waals surface area (Å²) in [6.45, 7) is 4.74. The molecule has 0 N–H and O–H groups in total. The molecule has 5 nitrogen and oxygen atoms in total. The van der Waals surface area contributed by atoms with Crippen LogP contribution in [0.1, 0.15) is 34.0 Å². The van der Waals surface area contributed by atoms with Crippen LogP contribution < -0.4 is 10.9 Å². The molecule has 2 aliphatic heterocycles. The van der Waals surface area contributed by atoms with Gasteiger partial charge in [-0.3, -0.25) is 9.13 Å². The third-order valence-corrected chi connectivity index (χ3v) is 13.6. The molecule has 4 aromatic heterocycles. The zero-order chi connectivity index (χ0) is 39.2. The van der Waals surface area contributed by atoms with Gasteiger partial charge in [0.25, 0.3) is 6.71 Å². The van der Waals surface area contributed by atoms with Crippen molar-refractivity contribution in [2.45, 2.75) is 12.3 Å². The second-order valence-corrected chi connectivity index (χ2v) is 16.5. The first-order valence-electron chi connectivity index (χ1n) is 20.8. The maximum Gasteiger partial charge on any atom is 0.252 e. The lowest BCUT2D eigenvalue weighted by Crippen LogP contribution is -2.53. The third kappa shape index (κ3) is 4.03. The fraction of sp³-hybridized carbons (Fsp3) is 0.0370. The summed E-state index contributed by atoms with van der Waals surface area (Å²) in [4.78, 5) is 9.79. The molecule has 0 fully saturated rings. The maximum atomic E-state index is 4.89. The van der Waals surface area contributed by atoms with E-state index in [9.17, 15) is 0 Å². The highest BCUT2D eigenvalue weighted by atomic mass is 15.2. The van der Waals surface area contributed by atoms with E-state index in [4.69, 9.17) is 16.5 Å². The Balaban J connectivity index is 1.21. The van der Waals surface area contributed by atoms with Crippen LogP contribution in [0.15, 0.2) is 183 Å². The maximum absolute atomic E-state index is 4.89. The smallest absolute Gasteiger partial charge is 0.252 e. The number of fused-ring (bicyclic) bond motifs is 14. The Labute approximate surface area is 346 Å². The van der Waals surface area contributed by atoms with E-state index in [1.165, 1.54) is 88.5 Å². The molecule has 0 bridgehead atoms. The van der Waals surface area contributed by atoms with Gasteiger partial charge in [0.05, 0.1) is 11.2 Å². The number of hydrogen-bond acceptors (Lipinski definition) is 2. The molecule has 1 unspecified atom stereocenters. The number of rotatable bonds is 3. The largest absolute Gasteiger partial charge is 0.313 e. The summed E-state index contributed by atoms with van der Waals surface area (Å²) in [6.07, 6.45) is 11.4. The van der Waals surface area contributed by atoms with E-state index in [1.807, 2.05) is 18.5 Å². The van der Waals surface area contributed by atoms with Gasteiger partial charge in [0, 0.05) is 79.4 Å². The Kier molecular flexibility index (Phi) is 6.30. The van der Waals surface area contributed by atoms with Crippen LogP contribution in [0.4, 0.5) is 0 Å². The number of nitrogens with zero attached hydrogens (tertiary/aromatic N) is 5. The zero-order valence-corrected chi connectivity index (χ0v) is 32.5. The van der Waals surface area contributed by atoms with Crippen LogP contribution in [0.2, 0.25) is 0 Å². The fourth-order valence-corrected chi connectivity index (χ4v) is 11.4. The van der Waals surface area contributed by atoms with Crippen molar-refractivity contribution in [3.8, 4) is 39.6 Å². The number of allylic oxidation sites excluding steroid dienone is 4. The van der Waals surface area contributed by atoms with E-state index in [-0.39, 0.29) is 12.6 Å². The molecular weight excluding hydrogens is 729 g/mol.